The lowest BCUT2D eigenvalue weighted by Crippen LogP contribution is -2.19. The first-order valence-electron chi connectivity index (χ1n) is 6.35. The highest BCUT2D eigenvalue weighted by Gasteiger charge is 2.08. The minimum Gasteiger partial charge on any atom is -0.346 e. The first kappa shape index (κ1) is 12.3. The third-order valence-electron chi connectivity index (χ3n) is 3.18. The second-order valence-corrected chi connectivity index (χ2v) is 5.54. The molecule has 0 radical (unpaired) electrons. The van der Waals surface area contributed by atoms with Crippen LogP contribution in [0.25, 0.3) is 11.0 Å². The maximum Gasteiger partial charge on any atom is 0.137 e. The van der Waals surface area contributed by atoms with Gasteiger partial charge < -0.3 is 10.3 Å². The van der Waals surface area contributed by atoms with Gasteiger partial charge in [-0.3, -0.25) is 0 Å². The molecule has 0 fully saturated rings. The monoisotopic (exact) mass is 272 g/mol. The van der Waals surface area contributed by atoms with E-state index in [4.69, 9.17) is 0 Å². The summed E-state index contributed by atoms with van der Waals surface area (Å²) in [6, 6.07) is 4.07. The summed E-state index contributed by atoms with van der Waals surface area (Å²) in [5, 5.41) is 7.89. The predicted molar refractivity (Wildman–Crippen MR) is 78.3 cm³/mol. The van der Waals surface area contributed by atoms with Gasteiger partial charge in [0.05, 0.1) is 5.01 Å². The zero-order valence-electron chi connectivity index (χ0n) is 10.8. The molecule has 0 aromatic carbocycles. The first-order chi connectivity index (χ1) is 9.34. The van der Waals surface area contributed by atoms with E-state index in [1.54, 1.807) is 17.5 Å². The lowest BCUT2D eigenvalue weighted by Gasteiger charge is -2.09. The molecule has 2 N–H and O–H groups in total. The van der Waals surface area contributed by atoms with Gasteiger partial charge in [0.15, 0.2) is 0 Å². The maximum atomic E-state index is 4.34. The van der Waals surface area contributed by atoms with E-state index in [-0.39, 0.29) is 0 Å². The maximum absolute atomic E-state index is 4.34. The summed E-state index contributed by atoms with van der Waals surface area (Å²) in [5.74, 6) is 0.448. The van der Waals surface area contributed by atoms with E-state index < -0.39 is 0 Å². The zero-order chi connectivity index (χ0) is 13.1. The molecule has 0 aliphatic rings. The van der Waals surface area contributed by atoms with Crippen LogP contribution in [-0.4, -0.2) is 21.5 Å². The minimum atomic E-state index is 0.448. The standard InChI is InChI=1S/C14H16N4S/c1-10(14-17-5-6-19-14)7-15-8-11-9-18-13-12(11)3-2-4-16-13/h2-6,9-10,15H,7-8H2,1H3,(H,16,18). The van der Waals surface area contributed by atoms with Crippen molar-refractivity contribution >= 4 is 22.4 Å². The summed E-state index contributed by atoms with van der Waals surface area (Å²) in [7, 11) is 0. The molecular formula is C14H16N4S. The van der Waals surface area contributed by atoms with Crippen LogP contribution in [0, 0.1) is 0 Å². The molecule has 19 heavy (non-hydrogen) atoms. The van der Waals surface area contributed by atoms with Gasteiger partial charge >= 0.3 is 0 Å². The van der Waals surface area contributed by atoms with Crippen molar-refractivity contribution in [1.82, 2.24) is 20.3 Å². The summed E-state index contributed by atoms with van der Waals surface area (Å²) >= 11 is 1.71. The van der Waals surface area contributed by atoms with Crippen LogP contribution >= 0.6 is 11.3 Å². The number of nitrogens with zero attached hydrogens (tertiary/aromatic N) is 2. The number of aromatic amines is 1. The highest BCUT2D eigenvalue weighted by atomic mass is 32.1. The lowest BCUT2D eigenvalue weighted by molar-refractivity contribution is 0.614. The van der Waals surface area contributed by atoms with Gasteiger partial charge in [0.1, 0.15) is 5.65 Å². The Bertz CT molecular complexity index is 644. The number of hydrogen-bond donors (Lipinski definition) is 2. The topological polar surface area (TPSA) is 53.6 Å². The number of thiazole rings is 1. The van der Waals surface area contributed by atoms with Gasteiger partial charge in [0.25, 0.3) is 0 Å². The normalized spacial score (nSPS) is 12.9. The van der Waals surface area contributed by atoms with Crippen molar-refractivity contribution in [2.75, 3.05) is 6.54 Å². The Balaban J connectivity index is 1.61. The third kappa shape index (κ3) is 2.67. The Labute approximate surface area is 115 Å². The van der Waals surface area contributed by atoms with Gasteiger partial charge in [0, 0.05) is 48.4 Å². The van der Waals surface area contributed by atoms with Crippen molar-refractivity contribution in [1.29, 1.82) is 0 Å². The number of nitrogens with one attached hydrogen (secondary N) is 2. The highest BCUT2D eigenvalue weighted by molar-refractivity contribution is 7.09. The molecule has 3 aromatic rings. The van der Waals surface area contributed by atoms with E-state index in [1.807, 2.05) is 23.8 Å². The molecule has 0 saturated heterocycles. The quantitative estimate of drug-likeness (QED) is 0.751. The summed E-state index contributed by atoms with van der Waals surface area (Å²) in [5.41, 5.74) is 2.21. The van der Waals surface area contributed by atoms with E-state index >= 15 is 0 Å². The molecule has 1 unspecified atom stereocenters. The molecule has 3 heterocycles. The molecule has 0 aliphatic heterocycles. The minimum absolute atomic E-state index is 0.448. The van der Waals surface area contributed by atoms with Crippen molar-refractivity contribution < 1.29 is 0 Å². The van der Waals surface area contributed by atoms with Gasteiger partial charge in [-0.15, -0.1) is 11.3 Å². The van der Waals surface area contributed by atoms with Gasteiger partial charge in [0.2, 0.25) is 0 Å². The van der Waals surface area contributed by atoms with Crippen molar-refractivity contribution in [3.8, 4) is 0 Å². The SMILES string of the molecule is CC(CNCc1c[nH]c2ncccc12)c1nccs1. The molecule has 1 atom stereocenters. The molecule has 98 valence electrons. The summed E-state index contributed by atoms with van der Waals surface area (Å²) in [6.45, 7) is 3.98. The van der Waals surface area contributed by atoms with Gasteiger partial charge in [-0.05, 0) is 17.7 Å². The Kier molecular flexibility index (Phi) is 3.57. The van der Waals surface area contributed by atoms with E-state index in [1.165, 1.54) is 16.0 Å². The Morgan fingerprint density at radius 1 is 1.37 bits per heavy atom. The van der Waals surface area contributed by atoms with E-state index in [0.29, 0.717) is 5.92 Å². The van der Waals surface area contributed by atoms with Crippen molar-refractivity contribution in [2.24, 2.45) is 0 Å². The van der Waals surface area contributed by atoms with E-state index in [9.17, 15) is 0 Å². The summed E-state index contributed by atoms with van der Waals surface area (Å²) < 4.78 is 0. The van der Waals surface area contributed by atoms with Crippen LogP contribution in [0.3, 0.4) is 0 Å². The second kappa shape index (κ2) is 5.50. The molecule has 0 saturated carbocycles. The van der Waals surface area contributed by atoms with Crippen LogP contribution < -0.4 is 5.32 Å². The molecular weight excluding hydrogens is 256 g/mol. The Hall–Kier alpha value is -1.72. The number of fused-ring (bicyclic) bond motifs is 1. The van der Waals surface area contributed by atoms with Crippen molar-refractivity contribution in [3.63, 3.8) is 0 Å². The Morgan fingerprint density at radius 2 is 2.32 bits per heavy atom. The molecule has 3 rings (SSSR count). The van der Waals surface area contributed by atoms with Gasteiger partial charge in [-0.2, -0.15) is 0 Å². The summed E-state index contributed by atoms with van der Waals surface area (Å²) in [4.78, 5) is 11.8. The fraction of sp³-hybridized carbons (Fsp3) is 0.286. The first-order valence-corrected chi connectivity index (χ1v) is 7.23. The number of H-pyrrole nitrogens is 1. The number of pyridine rings is 1. The molecule has 4 nitrogen and oxygen atoms in total. The van der Waals surface area contributed by atoms with Crippen LogP contribution in [0.5, 0.6) is 0 Å². The van der Waals surface area contributed by atoms with Crippen LogP contribution in [-0.2, 0) is 6.54 Å². The number of aromatic nitrogens is 3. The van der Waals surface area contributed by atoms with Crippen LogP contribution in [0.4, 0.5) is 0 Å². The predicted octanol–water partition coefficient (Wildman–Crippen LogP) is 2.91. The molecule has 0 aliphatic carbocycles. The van der Waals surface area contributed by atoms with Gasteiger partial charge in [-0.25, -0.2) is 9.97 Å². The second-order valence-electron chi connectivity index (χ2n) is 4.62. The molecule has 0 bridgehead atoms. The van der Waals surface area contributed by atoms with Crippen LogP contribution in [0.2, 0.25) is 0 Å². The van der Waals surface area contributed by atoms with Crippen molar-refractivity contribution in [3.05, 3.63) is 46.7 Å². The average molecular weight is 272 g/mol. The fourth-order valence-electron chi connectivity index (χ4n) is 2.15. The molecule has 5 heteroatoms. The number of hydrogen-bond acceptors (Lipinski definition) is 4. The zero-order valence-corrected chi connectivity index (χ0v) is 11.6. The largest absolute Gasteiger partial charge is 0.346 e. The van der Waals surface area contributed by atoms with E-state index in [2.05, 4.69) is 33.3 Å². The molecule has 3 aromatic heterocycles. The number of rotatable bonds is 5. The smallest absolute Gasteiger partial charge is 0.137 e. The Morgan fingerprint density at radius 3 is 3.16 bits per heavy atom. The molecule has 0 spiro atoms. The molecule has 0 amide bonds. The van der Waals surface area contributed by atoms with Crippen molar-refractivity contribution in [2.45, 2.75) is 19.4 Å². The van der Waals surface area contributed by atoms with Crippen LogP contribution in [0.15, 0.2) is 36.1 Å². The highest BCUT2D eigenvalue weighted by Crippen LogP contribution is 2.18. The summed E-state index contributed by atoms with van der Waals surface area (Å²) in [6.07, 6.45) is 5.70. The van der Waals surface area contributed by atoms with E-state index in [0.717, 1.165) is 18.7 Å². The third-order valence-corrected chi connectivity index (χ3v) is 4.18. The lowest BCUT2D eigenvalue weighted by atomic mass is 10.2. The van der Waals surface area contributed by atoms with Gasteiger partial charge in [-0.1, -0.05) is 6.92 Å². The average Bonchev–Trinajstić information content (AvgIpc) is 3.08. The fourth-order valence-corrected chi connectivity index (χ4v) is 2.85. The van der Waals surface area contributed by atoms with Crippen LogP contribution in [0.1, 0.15) is 23.4 Å².